The molecule has 0 unspecified atom stereocenters. The average molecular weight is 207 g/mol. The lowest BCUT2D eigenvalue weighted by Crippen LogP contribution is -2.34. The van der Waals surface area contributed by atoms with Crippen LogP contribution in [0.25, 0.3) is 0 Å². The van der Waals surface area contributed by atoms with Gasteiger partial charge in [0, 0.05) is 19.3 Å². The number of carbonyl (C=O) groups excluding carboxylic acids is 1. The van der Waals surface area contributed by atoms with E-state index in [0.29, 0.717) is 13.1 Å². The molecule has 1 aromatic rings. The molecule has 4 heteroatoms. The molecule has 1 N–H and O–H groups in total. The summed E-state index contributed by atoms with van der Waals surface area (Å²) in [4.78, 5) is 17.6. The third kappa shape index (κ3) is 2.94. The summed E-state index contributed by atoms with van der Waals surface area (Å²) < 4.78 is 0. The van der Waals surface area contributed by atoms with E-state index >= 15 is 0 Å². The highest BCUT2D eigenvalue weighted by molar-refractivity contribution is 5.89. The topological polar surface area (TPSA) is 45.2 Å². The first-order valence-electron chi connectivity index (χ1n) is 5.16. The van der Waals surface area contributed by atoms with Gasteiger partial charge in [-0.2, -0.15) is 0 Å². The van der Waals surface area contributed by atoms with Crippen LogP contribution in [0.1, 0.15) is 19.5 Å². The lowest BCUT2D eigenvalue weighted by atomic mass is 10.3. The van der Waals surface area contributed by atoms with Gasteiger partial charge in [-0.3, -0.25) is 4.98 Å². The smallest absolute Gasteiger partial charge is 0.321 e. The minimum absolute atomic E-state index is 0.0731. The van der Waals surface area contributed by atoms with Gasteiger partial charge >= 0.3 is 6.03 Å². The van der Waals surface area contributed by atoms with E-state index in [0.717, 1.165) is 11.4 Å². The van der Waals surface area contributed by atoms with E-state index in [2.05, 4.69) is 10.3 Å². The van der Waals surface area contributed by atoms with E-state index in [1.54, 1.807) is 11.1 Å². The molecule has 82 valence electrons. The van der Waals surface area contributed by atoms with E-state index in [4.69, 9.17) is 0 Å². The first kappa shape index (κ1) is 11.5. The van der Waals surface area contributed by atoms with E-state index < -0.39 is 0 Å². The van der Waals surface area contributed by atoms with E-state index in [9.17, 15) is 4.79 Å². The number of hydrogen-bond donors (Lipinski definition) is 1. The lowest BCUT2D eigenvalue weighted by Gasteiger charge is -2.19. The monoisotopic (exact) mass is 207 g/mol. The number of anilines is 1. The number of nitrogens with one attached hydrogen (secondary N) is 1. The summed E-state index contributed by atoms with van der Waals surface area (Å²) in [6.45, 7) is 7.21. The second-order valence-electron chi connectivity index (χ2n) is 3.24. The van der Waals surface area contributed by atoms with Gasteiger partial charge in [-0.05, 0) is 32.9 Å². The van der Waals surface area contributed by atoms with Crippen LogP contribution in [0, 0.1) is 6.92 Å². The molecule has 1 aromatic heterocycles. The predicted octanol–water partition coefficient (Wildman–Crippen LogP) is 2.26. The van der Waals surface area contributed by atoms with Crippen LogP contribution in [0.4, 0.5) is 10.5 Å². The van der Waals surface area contributed by atoms with E-state index in [1.807, 2.05) is 32.9 Å². The Balaban J connectivity index is 2.70. The van der Waals surface area contributed by atoms with Crippen molar-refractivity contribution >= 4 is 11.7 Å². The van der Waals surface area contributed by atoms with Gasteiger partial charge in [-0.15, -0.1) is 0 Å². The van der Waals surface area contributed by atoms with Crippen LogP contribution < -0.4 is 5.32 Å². The third-order valence-electron chi connectivity index (χ3n) is 2.30. The molecule has 0 aliphatic heterocycles. The Bertz CT molecular complexity index is 334. The molecular formula is C11H17N3O. The van der Waals surface area contributed by atoms with Crippen molar-refractivity contribution in [3.63, 3.8) is 0 Å². The number of pyridine rings is 1. The van der Waals surface area contributed by atoms with Gasteiger partial charge in [0.1, 0.15) is 0 Å². The SMILES string of the molecule is CCN(CC)C(=O)Nc1cccnc1C. The number of amides is 2. The Hall–Kier alpha value is -1.58. The van der Waals surface area contributed by atoms with Crippen molar-refractivity contribution in [2.45, 2.75) is 20.8 Å². The number of aryl methyl sites for hydroxylation is 1. The highest BCUT2D eigenvalue weighted by Crippen LogP contribution is 2.10. The highest BCUT2D eigenvalue weighted by Gasteiger charge is 2.10. The standard InChI is InChI=1S/C11H17N3O/c1-4-14(5-2)11(15)13-10-7-6-8-12-9(10)3/h6-8H,4-5H2,1-3H3,(H,13,15). The van der Waals surface area contributed by atoms with Crippen molar-refractivity contribution in [3.05, 3.63) is 24.0 Å². The Morgan fingerprint density at radius 3 is 2.67 bits per heavy atom. The van der Waals surface area contributed by atoms with Crippen molar-refractivity contribution in [3.8, 4) is 0 Å². The zero-order chi connectivity index (χ0) is 11.3. The molecule has 0 radical (unpaired) electrons. The maximum Gasteiger partial charge on any atom is 0.321 e. The highest BCUT2D eigenvalue weighted by atomic mass is 16.2. The minimum atomic E-state index is -0.0731. The van der Waals surface area contributed by atoms with Gasteiger partial charge in [-0.1, -0.05) is 0 Å². The second-order valence-corrected chi connectivity index (χ2v) is 3.24. The summed E-state index contributed by atoms with van der Waals surface area (Å²) in [6.07, 6.45) is 1.71. The maximum atomic E-state index is 11.7. The molecule has 2 amide bonds. The molecule has 1 rings (SSSR count). The molecule has 0 saturated carbocycles. The molecule has 4 nitrogen and oxygen atoms in total. The van der Waals surface area contributed by atoms with Gasteiger partial charge in [-0.25, -0.2) is 4.79 Å². The largest absolute Gasteiger partial charge is 0.325 e. The zero-order valence-corrected chi connectivity index (χ0v) is 9.45. The quantitative estimate of drug-likeness (QED) is 0.826. The van der Waals surface area contributed by atoms with Gasteiger partial charge in [0.05, 0.1) is 11.4 Å². The number of rotatable bonds is 3. The number of hydrogen-bond acceptors (Lipinski definition) is 2. The maximum absolute atomic E-state index is 11.7. The zero-order valence-electron chi connectivity index (χ0n) is 9.45. The third-order valence-corrected chi connectivity index (χ3v) is 2.30. The molecule has 0 fully saturated rings. The number of aromatic nitrogens is 1. The molecule has 0 atom stereocenters. The number of urea groups is 1. The average Bonchev–Trinajstić information content (AvgIpc) is 2.23. The molecule has 0 aliphatic rings. The summed E-state index contributed by atoms with van der Waals surface area (Å²) in [6, 6.07) is 3.59. The Morgan fingerprint density at radius 2 is 2.13 bits per heavy atom. The molecule has 0 aromatic carbocycles. The fourth-order valence-corrected chi connectivity index (χ4v) is 1.32. The molecule has 0 aliphatic carbocycles. The number of carbonyl (C=O) groups is 1. The van der Waals surface area contributed by atoms with Crippen molar-refractivity contribution in [1.82, 2.24) is 9.88 Å². The summed E-state index contributed by atoms with van der Waals surface area (Å²) in [5.74, 6) is 0. The van der Waals surface area contributed by atoms with E-state index in [-0.39, 0.29) is 6.03 Å². The fourth-order valence-electron chi connectivity index (χ4n) is 1.32. The lowest BCUT2D eigenvalue weighted by molar-refractivity contribution is 0.217. The normalized spacial score (nSPS) is 9.80. The molecular weight excluding hydrogens is 190 g/mol. The van der Waals surface area contributed by atoms with E-state index in [1.165, 1.54) is 0 Å². The summed E-state index contributed by atoms with van der Waals surface area (Å²) in [5.41, 5.74) is 1.60. The Morgan fingerprint density at radius 1 is 1.47 bits per heavy atom. The van der Waals surface area contributed by atoms with Crippen molar-refractivity contribution in [2.24, 2.45) is 0 Å². The molecule has 0 bridgehead atoms. The van der Waals surface area contributed by atoms with Crippen LogP contribution in [0.2, 0.25) is 0 Å². The first-order chi connectivity index (χ1) is 7.19. The van der Waals surface area contributed by atoms with Gasteiger partial charge in [0.15, 0.2) is 0 Å². The summed E-state index contributed by atoms with van der Waals surface area (Å²) >= 11 is 0. The van der Waals surface area contributed by atoms with Crippen molar-refractivity contribution in [1.29, 1.82) is 0 Å². The van der Waals surface area contributed by atoms with Crippen LogP contribution in [-0.2, 0) is 0 Å². The first-order valence-corrected chi connectivity index (χ1v) is 5.16. The fraction of sp³-hybridized carbons (Fsp3) is 0.455. The van der Waals surface area contributed by atoms with Gasteiger partial charge in [0.2, 0.25) is 0 Å². The molecule has 15 heavy (non-hydrogen) atoms. The Kier molecular flexibility index (Phi) is 4.09. The molecule has 0 saturated heterocycles. The van der Waals surface area contributed by atoms with Crippen LogP contribution in [0.5, 0.6) is 0 Å². The summed E-state index contributed by atoms with van der Waals surface area (Å²) in [7, 11) is 0. The molecule has 0 spiro atoms. The molecule has 1 heterocycles. The second kappa shape index (κ2) is 5.34. The van der Waals surface area contributed by atoms with Crippen LogP contribution in [-0.4, -0.2) is 29.0 Å². The number of nitrogens with zero attached hydrogens (tertiary/aromatic N) is 2. The Labute approximate surface area is 90.3 Å². The van der Waals surface area contributed by atoms with Crippen LogP contribution in [0.3, 0.4) is 0 Å². The van der Waals surface area contributed by atoms with Crippen molar-refractivity contribution < 1.29 is 4.79 Å². The van der Waals surface area contributed by atoms with Crippen LogP contribution in [0.15, 0.2) is 18.3 Å². The van der Waals surface area contributed by atoms with Crippen LogP contribution >= 0.6 is 0 Å². The predicted molar refractivity (Wildman–Crippen MR) is 60.9 cm³/mol. The minimum Gasteiger partial charge on any atom is -0.325 e. The summed E-state index contributed by atoms with van der Waals surface area (Å²) in [5, 5.41) is 2.84. The van der Waals surface area contributed by atoms with Gasteiger partial charge < -0.3 is 10.2 Å². The van der Waals surface area contributed by atoms with Crippen molar-refractivity contribution in [2.75, 3.05) is 18.4 Å². The van der Waals surface area contributed by atoms with Gasteiger partial charge in [0.25, 0.3) is 0 Å².